The first-order chi connectivity index (χ1) is 9.84. The average molecular weight is 320 g/mol. The zero-order valence-corrected chi connectivity index (χ0v) is 12.7. The van der Waals surface area contributed by atoms with Crippen molar-refractivity contribution in [1.29, 1.82) is 0 Å². The Morgan fingerprint density at radius 1 is 1.19 bits per heavy atom. The van der Waals surface area contributed by atoms with Gasteiger partial charge in [-0.2, -0.15) is 8.42 Å². The number of thiazole rings is 1. The molecule has 3 rings (SSSR count). The van der Waals surface area contributed by atoms with Crippen LogP contribution >= 0.6 is 11.3 Å². The summed E-state index contributed by atoms with van der Waals surface area (Å²) in [5.41, 5.74) is 8.43. The van der Waals surface area contributed by atoms with Gasteiger partial charge in [0.1, 0.15) is 9.90 Å². The predicted octanol–water partition coefficient (Wildman–Crippen LogP) is 3.10. The van der Waals surface area contributed by atoms with E-state index < -0.39 is 10.1 Å². The van der Waals surface area contributed by atoms with Crippen molar-refractivity contribution < 1.29 is 13.0 Å². The number of nitrogens with zero attached hydrogens (tertiary/aromatic N) is 1. The SMILES string of the molecule is Cc1cc(S(=O)(=O)O)c2sc(-c3ccc(N)cc3)nc2c1. The van der Waals surface area contributed by atoms with Gasteiger partial charge in [0.05, 0.1) is 10.2 Å². The van der Waals surface area contributed by atoms with Crippen LogP contribution in [0.1, 0.15) is 5.56 Å². The lowest BCUT2D eigenvalue weighted by molar-refractivity contribution is 0.484. The molecule has 0 saturated heterocycles. The molecule has 0 aliphatic heterocycles. The van der Waals surface area contributed by atoms with Crippen LogP contribution in [0.25, 0.3) is 20.8 Å². The van der Waals surface area contributed by atoms with Crippen molar-refractivity contribution >= 4 is 37.4 Å². The molecule has 1 aromatic heterocycles. The van der Waals surface area contributed by atoms with Crippen LogP contribution in [-0.4, -0.2) is 18.0 Å². The van der Waals surface area contributed by atoms with Crippen molar-refractivity contribution in [2.75, 3.05) is 5.73 Å². The zero-order valence-electron chi connectivity index (χ0n) is 11.1. The lowest BCUT2D eigenvalue weighted by atomic mass is 10.2. The molecule has 0 fully saturated rings. The highest BCUT2D eigenvalue weighted by Gasteiger charge is 2.18. The Kier molecular flexibility index (Phi) is 3.20. The molecule has 5 nitrogen and oxygen atoms in total. The first kappa shape index (κ1) is 14.0. The Morgan fingerprint density at radius 3 is 2.48 bits per heavy atom. The first-order valence-electron chi connectivity index (χ1n) is 6.09. The number of nitrogen functional groups attached to an aromatic ring is 1. The number of aromatic nitrogens is 1. The van der Waals surface area contributed by atoms with E-state index in [-0.39, 0.29) is 4.90 Å². The van der Waals surface area contributed by atoms with Gasteiger partial charge in [0, 0.05) is 11.3 Å². The van der Waals surface area contributed by atoms with Crippen molar-refractivity contribution in [2.24, 2.45) is 0 Å². The molecule has 2 aromatic carbocycles. The lowest BCUT2D eigenvalue weighted by Gasteiger charge is -1.99. The van der Waals surface area contributed by atoms with Gasteiger partial charge in [0.25, 0.3) is 10.1 Å². The van der Waals surface area contributed by atoms with Crippen LogP contribution in [0, 0.1) is 6.92 Å². The maximum absolute atomic E-state index is 11.5. The molecule has 0 aliphatic carbocycles. The van der Waals surface area contributed by atoms with Gasteiger partial charge in [-0.3, -0.25) is 4.55 Å². The van der Waals surface area contributed by atoms with Crippen LogP contribution in [-0.2, 0) is 10.1 Å². The number of hydrogen-bond donors (Lipinski definition) is 2. The van der Waals surface area contributed by atoms with Gasteiger partial charge in [0.2, 0.25) is 0 Å². The standard InChI is InChI=1S/C14H12N2O3S2/c1-8-6-11-13(12(7-8)21(17,18)19)20-14(16-11)9-2-4-10(15)5-3-9/h2-7H,15H2,1H3,(H,17,18,19). The molecule has 3 aromatic rings. The van der Waals surface area contributed by atoms with Gasteiger partial charge in [0.15, 0.2) is 0 Å². The van der Waals surface area contributed by atoms with Gasteiger partial charge in [-0.25, -0.2) is 4.98 Å². The van der Waals surface area contributed by atoms with E-state index in [9.17, 15) is 13.0 Å². The average Bonchev–Trinajstić information content (AvgIpc) is 2.80. The molecule has 21 heavy (non-hydrogen) atoms. The van der Waals surface area contributed by atoms with Crippen molar-refractivity contribution in [2.45, 2.75) is 11.8 Å². The fraction of sp³-hybridized carbons (Fsp3) is 0.0714. The molecule has 0 aliphatic rings. The van der Waals surface area contributed by atoms with Crippen molar-refractivity contribution in [3.05, 3.63) is 42.0 Å². The Labute approximate surface area is 125 Å². The number of nitrogens with two attached hydrogens (primary N) is 1. The minimum Gasteiger partial charge on any atom is -0.399 e. The van der Waals surface area contributed by atoms with Gasteiger partial charge < -0.3 is 5.73 Å². The van der Waals surface area contributed by atoms with E-state index in [1.54, 1.807) is 25.1 Å². The Bertz CT molecular complexity index is 929. The summed E-state index contributed by atoms with van der Waals surface area (Å²) in [6.07, 6.45) is 0. The third-order valence-corrected chi connectivity index (χ3v) is 5.20. The minimum atomic E-state index is -4.28. The van der Waals surface area contributed by atoms with Crippen LogP contribution in [0.15, 0.2) is 41.3 Å². The molecule has 0 radical (unpaired) electrons. The quantitative estimate of drug-likeness (QED) is 0.559. The molecule has 0 unspecified atom stereocenters. The normalized spacial score (nSPS) is 11.9. The molecule has 0 amide bonds. The van der Waals surface area contributed by atoms with Gasteiger partial charge >= 0.3 is 0 Å². The Hall–Kier alpha value is -1.96. The smallest absolute Gasteiger partial charge is 0.296 e. The third-order valence-electron chi connectivity index (χ3n) is 3.04. The molecule has 0 atom stereocenters. The fourth-order valence-corrected chi connectivity index (χ4v) is 4.15. The van der Waals surface area contributed by atoms with Gasteiger partial charge in [-0.1, -0.05) is 0 Å². The highest BCUT2D eigenvalue weighted by molar-refractivity contribution is 7.86. The second kappa shape index (κ2) is 4.80. The van der Waals surface area contributed by atoms with Crippen LogP contribution in [0.4, 0.5) is 5.69 Å². The van der Waals surface area contributed by atoms with E-state index in [2.05, 4.69) is 4.98 Å². The van der Waals surface area contributed by atoms with E-state index >= 15 is 0 Å². The van der Waals surface area contributed by atoms with Gasteiger partial charge in [-0.05, 0) is 48.9 Å². The van der Waals surface area contributed by atoms with Crippen molar-refractivity contribution in [3.8, 4) is 10.6 Å². The first-order valence-corrected chi connectivity index (χ1v) is 8.35. The number of benzene rings is 2. The summed E-state index contributed by atoms with van der Waals surface area (Å²) in [6, 6.07) is 10.4. The fourth-order valence-electron chi connectivity index (χ4n) is 2.08. The summed E-state index contributed by atoms with van der Waals surface area (Å²) >= 11 is 1.23. The molecule has 3 N–H and O–H groups in total. The minimum absolute atomic E-state index is 0.100. The van der Waals surface area contributed by atoms with E-state index in [1.165, 1.54) is 17.4 Å². The maximum atomic E-state index is 11.5. The largest absolute Gasteiger partial charge is 0.399 e. The summed E-state index contributed by atoms with van der Waals surface area (Å²) in [4.78, 5) is 4.35. The topological polar surface area (TPSA) is 93.3 Å². The van der Waals surface area contributed by atoms with E-state index in [1.807, 2.05) is 12.1 Å². The van der Waals surface area contributed by atoms with Crippen LogP contribution in [0.3, 0.4) is 0 Å². The summed E-state index contributed by atoms with van der Waals surface area (Å²) in [5.74, 6) is 0. The summed E-state index contributed by atoms with van der Waals surface area (Å²) in [7, 11) is -4.28. The third kappa shape index (κ3) is 2.63. The summed E-state index contributed by atoms with van der Waals surface area (Å²) in [6.45, 7) is 1.76. The van der Waals surface area contributed by atoms with E-state index in [0.29, 0.717) is 20.9 Å². The van der Waals surface area contributed by atoms with E-state index in [0.717, 1.165) is 11.1 Å². The molecular formula is C14H12N2O3S2. The number of anilines is 1. The summed E-state index contributed by atoms with van der Waals surface area (Å²) in [5, 5.41) is 0.681. The highest BCUT2D eigenvalue weighted by atomic mass is 32.2. The molecule has 0 saturated carbocycles. The van der Waals surface area contributed by atoms with Crippen molar-refractivity contribution in [3.63, 3.8) is 0 Å². The number of fused-ring (bicyclic) bond motifs is 1. The Morgan fingerprint density at radius 2 is 1.86 bits per heavy atom. The zero-order chi connectivity index (χ0) is 15.2. The van der Waals surface area contributed by atoms with Crippen LogP contribution in [0.2, 0.25) is 0 Å². The molecule has 0 bridgehead atoms. The lowest BCUT2D eigenvalue weighted by Crippen LogP contribution is -1.98. The summed E-state index contributed by atoms with van der Waals surface area (Å²) < 4.78 is 32.8. The maximum Gasteiger partial charge on any atom is 0.296 e. The highest BCUT2D eigenvalue weighted by Crippen LogP contribution is 2.35. The second-order valence-electron chi connectivity index (χ2n) is 4.73. The molecular weight excluding hydrogens is 308 g/mol. The van der Waals surface area contributed by atoms with Crippen LogP contribution < -0.4 is 5.73 Å². The molecule has 7 heteroatoms. The van der Waals surface area contributed by atoms with Gasteiger partial charge in [-0.15, -0.1) is 11.3 Å². The second-order valence-corrected chi connectivity index (χ2v) is 7.12. The van der Waals surface area contributed by atoms with Crippen molar-refractivity contribution in [1.82, 2.24) is 4.98 Å². The molecule has 0 spiro atoms. The molecule has 108 valence electrons. The Balaban J connectivity index is 2.27. The predicted molar refractivity (Wildman–Crippen MR) is 84.0 cm³/mol. The monoisotopic (exact) mass is 320 g/mol. The van der Waals surface area contributed by atoms with E-state index in [4.69, 9.17) is 5.73 Å². The number of hydrogen-bond acceptors (Lipinski definition) is 5. The number of rotatable bonds is 2. The molecule has 1 heterocycles. The number of aryl methyl sites for hydroxylation is 1. The van der Waals surface area contributed by atoms with Crippen LogP contribution in [0.5, 0.6) is 0 Å².